The molecule has 0 saturated carbocycles. The molecule has 0 aromatic carbocycles. The van der Waals surface area contributed by atoms with Crippen molar-refractivity contribution in [2.75, 3.05) is 13.1 Å². The van der Waals surface area contributed by atoms with Gasteiger partial charge in [-0.25, -0.2) is 0 Å². The van der Waals surface area contributed by atoms with Crippen molar-refractivity contribution in [1.82, 2.24) is 4.90 Å². The molecule has 0 aromatic heterocycles. The lowest BCUT2D eigenvalue weighted by molar-refractivity contribution is -0.132. The second kappa shape index (κ2) is 5.10. The Morgan fingerprint density at radius 3 is 2.74 bits per heavy atom. The van der Waals surface area contributed by atoms with E-state index in [1.165, 1.54) is 11.1 Å². The average molecular weight is 261 g/mol. The minimum absolute atomic E-state index is 0.190. The first-order valence-electron chi connectivity index (χ1n) is 7.66. The molecule has 1 aliphatic carbocycles. The van der Waals surface area contributed by atoms with Crippen molar-refractivity contribution >= 4 is 11.7 Å². The normalized spacial score (nSPS) is 32.6. The standard InChI is InChI=1S/C16H23NO2/c1-11-8-12-10-15(18)14-5-3-7-17(16(19)9-11)6-2-4-13(12)14/h11,14H,2-10H2,1H3. The van der Waals surface area contributed by atoms with Crippen molar-refractivity contribution in [3.05, 3.63) is 11.1 Å². The molecule has 2 bridgehead atoms. The molecule has 3 rings (SSSR count). The fourth-order valence-electron chi connectivity index (χ4n) is 4.01. The average Bonchev–Trinajstić information content (AvgIpc) is 2.67. The SMILES string of the molecule is CC1CC(=O)N2CCCC3=C(CC(=O)C3CCC2)C1. The van der Waals surface area contributed by atoms with Gasteiger partial charge in [-0.15, -0.1) is 0 Å². The summed E-state index contributed by atoms with van der Waals surface area (Å²) in [4.78, 5) is 26.5. The molecule has 2 unspecified atom stereocenters. The van der Waals surface area contributed by atoms with E-state index in [1.807, 2.05) is 4.90 Å². The maximum Gasteiger partial charge on any atom is 0.222 e. The highest BCUT2D eigenvalue weighted by molar-refractivity contribution is 5.89. The second-order valence-electron chi connectivity index (χ2n) is 6.46. The molecule has 1 saturated heterocycles. The van der Waals surface area contributed by atoms with Gasteiger partial charge in [-0.2, -0.15) is 0 Å². The molecular weight excluding hydrogens is 238 g/mol. The highest BCUT2D eigenvalue weighted by Crippen LogP contribution is 2.40. The monoisotopic (exact) mass is 261 g/mol. The third-order valence-corrected chi connectivity index (χ3v) is 4.92. The number of carbonyl (C=O) groups is 2. The number of carbonyl (C=O) groups excluding carboxylic acids is 2. The Morgan fingerprint density at radius 2 is 1.89 bits per heavy atom. The van der Waals surface area contributed by atoms with Gasteiger partial charge in [0.25, 0.3) is 0 Å². The maximum atomic E-state index is 12.3. The summed E-state index contributed by atoms with van der Waals surface area (Å²) in [6.45, 7) is 3.87. The van der Waals surface area contributed by atoms with Gasteiger partial charge in [0.1, 0.15) is 5.78 Å². The Morgan fingerprint density at radius 1 is 1.11 bits per heavy atom. The van der Waals surface area contributed by atoms with E-state index in [9.17, 15) is 9.59 Å². The molecule has 0 N–H and O–H groups in total. The molecule has 19 heavy (non-hydrogen) atoms. The summed E-state index contributed by atoms with van der Waals surface area (Å²) in [7, 11) is 0. The van der Waals surface area contributed by atoms with Gasteiger partial charge >= 0.3 is 0 Å². The molecule has 0 aromatic rings. The van der Waals surface area contributed by atoms with E-state index in [1.54, 1.807) is 0 Å². The van der Waals surface area contributed by atoms with E-state index in [2.05, 4.69) is 6.92 Å². The number of hydrogen-bond donors (Lipinski definition) is 0. The van der Waals surface area contributed by atoms with Gasteiger partial charge in [0, 0.05) is 31.8 Å². The van der Waals surface area contributed by atoms with Crippen LogP contribution in [0.4, 0.5) is 0 Å². The zero-order valence-corrected chi connectivity index (χ0v) is 11.8. The largest absolute Gasteiger partial charge is 0.343 e. The van der Waals surface area contributed by atoms with E-state index >= 15 is 0 Å². The van der Waals surface area contributed by atoms with Gasteiger partial charge in [-0.1, -0.05) is 18.1 Å². The second-order valence-corrected chi connectivity index (χ2v) is 6.46. The fraction of sp³-hybridized carbons (Fsp3) is 0.750. The van der Waals surface area contributed by atoms with Crippen LogP contribution in [-0.4, -0.2) is 29.7 Å². The Kier molecular flexibility index (Phi) is 3.46. The van der Waals surface area contributed by atoms with Crippen molar-refractivity contribution < 1.29 is 9.59 Å². The molecule has 0 spiro atoms. The van der Waals surface area contributed by atoms with E-state index in [0.29, 0.717) is 30.4 Å². The maximum absolute atomic E-state index is 12.3. The molecular formula is C16H23NO2. The van der Waals surface area contributed by atoms with Crippen LogP contribution in [0.15, 0.2) is 11.1 Å². The van der Waals surface area contributed by atoms with Crippen molar-refractivity contribution in [3.8, 4) is 0 Å². The van der Waals surface area contributed by atoms with Crippen LogP contribution in [-0.2, 0) is 9.59 Å². The minimum atomic E-state index is 0.190. The van der Waals surface area contributed by atoms with Crippen molar-refractivity contribution in [3.63, 3.8) is 0 Å². The molecule has 2 heterocycles. The molecule has 3 nitrogen and oxygen atoms in total. The zero-order chi connectivity index (χ0) is 13.4. The molecule has 1 fully saturated rings. The first-order chi connectivity index (χ1) is 9.15. The van der Waals surface area contributed by atoms with E-state index in [0.717, 1.165) is 45.2 Å². The van der Waals surface area contributed by atoms with E-state index in [4.69, 9.17) is 0 Å². The number of allylic oxidation sites excluding steroid dienone is 2. The van der Waals surface area contributed by atoms with E-state index < -0.39 is 0 Å². The lowest BCUT2D eigenvalue weighted by Gasteiger charge is -2.25. The van der Waals surface area contributed by atoms with Crippen LogP contribution in [0.3, 0.4) is 0 Å². The smallest absolute Gasteiger partial charge is 0.222 e. The van der Waals surface area contributed by atoms with Gasteiger partial charge < -0.3 is 4.90 Å². The predicted molar refractivity (Wildman–Crippen MR) is 73.6 cm³/mol. The number of rotatable bonds is 0. The summed E-state index contributed by atoms with van der Waals surface area (Å²) in [5.41, 5.74) is 2.83. The summed E-state index contributed by atoms with van der Waals surface area (Å²) in [5.74, 6) is 1.33. The number of fused-ring (bicyclic) bond motifs is 3. The molecule has 0 radical (unpaired) electrons. The molecule has 3 aliphatic rings. The third-order valence-electron chi connectivity index (χ3n) is 4.92. The lowest BCUT2D eigenvalue weighted by atomic mass is 9.89. The third kappa shape index (κ3) is 2.47. The Hall–Kier alpha value is -1.12. The van der Waals surface area contributed by atoms with Crippen molar-refractivity contribution in [2.45, 2.75) is 51.9 Å². The van der Waals surface area contributed by atoms with Crippen molar-refractivity contribution in [1.29, 1.82) is 0 Å². The first kappa shape index (κ1) is 12.9. The molecule has 2 aliphatic heterocycles. The predicted octanol–water partition coefficient (Wildman–Crippen LogP) is 2.70. The highest BCUT2D eigenvalue weighted by atomic mass is 16.2. The van der Waals surface area contributed by atoms with Crippen LogP contribution in [0, 0.1) is 11.8 Å². The van der Waals surface area contributed by atoms with Crippen molar-refractivity contribution in [2.24, 2.45) is 11.8 Å². The van der Waals surface area contributed by atoms with Gasteiger partial charge in [-0.05, 0) is 38.0 Å². The minimum Gasteiger partial charge on any atom is -0.343 e. The summed E-state index contributed by atoms with van der Waals surface area (Å²) < 4.78 is 0. The van der Waals surface area contributed by atoms with Crippen LogP contribution in [0.2, 0.25) is 0 Å². The van der Waals surface area contributed by atoms with Gasteiger partial charge in [-0.3, -0.25) is 9.59 Å². The fourth-order valence-corrected chi connectivity index (χ4v) is 4.01. The van der Waals surface area contributed by atoms with E-state index in [-0.39, 0.29) is 5.92 Å². The van der Waals surface area contributed by atoms with Crippen LogP contribution in [0.25, 0.3) is 0 Å². The Bertz CT molecular complexity index is 438. The Balaban J connectivity index is 1.96. The van der Waals surface area contributed by atoms with Crippen LogP contribution >= 0.6 is 0 Å². The molecule has 1 amide bonds. The summed E-state index contributed by atoms with van der Waals surface area (Å²) in [6, 6.07) is 0. The highest BCUT2D eigenvalue weighted by Gasteiger charge is 2.35. The number of hydrogen-bond acceptors (Lipinski definition) is 2. The number of ketones is 1. The molecule has 104 valence electrons. The van der Waals surface area contributed by atoms with Gasteiger partial charge in [0.15, 0.2) is 0 Å². The lowest BCUT2D eigenvalue weighted by Crippen LogP contribution is -2.34. The number of Topliss-reactive ketones (excluding diaryl/α,β-unsaturated/α-hetero) is 1. The number of nitrogens with zero attached hydrogens (tertiary/aromatic N) is 1. The summed E-state index contributed by atoms with van der Waals surface area (Å²) in [6.07, 6.45) is 6.27. The zero-order valence-electron chi connectivity index (χ0n) is 11.8. The summed E-state index contributed by atoms with van der Waals surface area (Å²) in [5, 5.41) is 0. The van der Waals surface area contributed by atoms with Crippen LogP contribution in [0.5, 0.6) is 0 Å². The first-order valence-corrected chi connectivity index (χ1v) is 7.66. The van der Waals surface area contributed by atoms with Gasteiger partial charge in [0.2, 0.25) is 5.91 Å². The Labute approximate surface area is 115 Å². The topological polar surface area (TPSA) is 37.4 Å². The quantitative estimate of drug-likeness (QED) is 0.629. The molecule has 2 atom stereocenters. The van der Waals surface area contributed by atoms with Crippen LogP contribution < -0.4 is 0 Å². The number of amides is 1. The van der Waals surface area contributed by atoms with Gasteiger partial charge in [0.05, 0.1) is 0 Å². The molecule has 3 heteroatoms. The van der Waals surface area contributed by atoms with Crippen LogP contribution in [0.1, 0.15) is 51.9 Å². The summed E-state index contributed by atoms with van der Waals surface area (Å²) >= 11 is 0.